The SMILES string of the molecule is CCn1c(CCC(=O)NC(C)c2ccc(Cl)cc2Cl)nc2cc(S(=O)(=O)N(C)C)ccc21. The highest BCUT2D eigenvalue weighted by Crippen LogP contribution is 2.26. The average molecular weight is 497 g/mol. The lowest BCUT2D eigenvalue weighted by molar-refractivity contribution is -0.121. The fourth-order valence-electron chi connectivity index (χ4n) is 3.54. The number of rotatable bonds is 8. The Morgan fingerprint density at radius 2 is 1.91 bits per heavy atom. The summed E-state index contributed by atoms with van der Waals surface area (Å²) in [4.78, 5) is 17.4. The Morgan fingerprint density at radius 3 is 2.53 bits per heavy atom. The quantitative estimate of drug-likeness (QED) is 0.499. The summed E-state index contributed by atoms with van der Waals surface area (Å²) < 4.78 is 28.0. The molecule has 1 atom stereocenters. The van der Waals surface area contributed by atoms with Crippen molar-refractivity contribution < 1.29 is 13.2 Å². The Morgan fingerprint density at radius 1 is 1.19 bits per heavy atom. The van der Waals surface area contributed by atoms with E-state index in [4.69, 9.17) is 23.2 Å². The van der Waals surface area contributed by atoms with Crippen LogP contribution >= 0.6 is 23.2 Å². The van der Waals surface area contributed by atoms with Crippen LogP contribution in [0.1, 0.15) is 37.7 Å². The molecular formula is C22H26Cl2N4O3S. The van der Waals surface area contributed by atoms with Gasteiger partial charge in [0.15, 0.2) is 0 Å². The topological polar surface area (TPSA) is 84.3 Å². The molecule has 1 heterocycles. The second kappa shape index (κ2) is 9.79. The third kappa shape index (κ3) is 5.09. The Balaban J connectivity index is 1.76. The molecule has 0 aliphatic heterocycles. The highest BCUT2D eigenvalue weighted by molar-refractivity contribution is 7.89. The molecule has 7 nitrogen and oxygen atoms in total. The number of aryl methyl sites for hydroxylation is 2. The summed E-state index contributed by atoms with van der Waals surface area (Å²) in [6, 6.07) is 9.83. The predicted molar refractivity (Wildman–Crippen MR) is 128 cm³/mol. The highest BCUT2D eigenvalue weighted by Gasteiger charge is 2.20. The molecule has 2 aromatic carbocycles. The molecule has 0 radical (unpaired) electrons. The van der Waals surface area contributed by atoms with Gasteiger partial charge in [0.05, 0.1) is 22.0 Å². The van der Waals surface area contributed by atoms with Crippen LogP contribution < -0.4 is 5.32 Å². The third-order valence-corrected chi connectivity index (χ3v) is 7.65. The molecular weight excluding hydrogens is 471 g/mol. The van der Waals surface area contributed by atoms with Crippen molar-refractivity contribution in [3.63, 3.8) is 0 Å². The summed E-state index contributed by atoms with van der Waals surface area (Å²) in [5.41, 5.74) is 2.22. The van der Waals surface area contributed by atoms with Crippen molar-refractivity contribution in [2.75, 3.05) is 14.1 Å². The number of amides is 1. The second-order valence-electron chi connectivity index (χ2n) is 7.67. The van der Waals surface area contributed by atoms with Gasteiger partial charge in [0.2, 0.25) is 15.9 Å². The number of hydrogen-bond donors (Lipinski definition) is 1. The van der Waals surface area contributed by atoms with E-state index in [-0.39, 0.29) is 23.3 Å². The van der Waals surface area contributed by atoms with Crippen molar-refractivity contribution in [3.8, 4) is 0 Å². The predicted octanol–water partition coefficient (Wildman–Crippen LogP) is 4.42. The Hall–Kier alpha value is -2.13. The monoisotopic (exact) mass is 496 g/mol. The molecule has 0 saturated carbocycles. The van der Waals surface area contributed by atoms with Gasteiger partial charge in [0.25, 0.3) is 0 Å². The molecule has 32 heavy (non-hydrogen) atoms. The van der Waals surface area contributed by atoms with E-state index in [1.807, 2.05) is 18.4 Å². The first-order chi connectivity index (χ1) is 15.0. The van der Waals surface area contributed by atoms with Crippen molar-refractivity contribution in [2.24, 2.45) is 0 Å². The standard InChI is InChI=1S/C22H26Cl2N4O3S/c1-5-28-20-9-7-16(32(30,31)27(3)4)13-19(20)26-21(28)10-11-22(29)25-14(2)17-8-6-15(23)12-18(17)24/h6-9,12-14H,5,10-11H2,1-4H3,(H,25,29). The van der Waals surface area contributed by atoms with Crippen molar-refractivity contribution in [3.05, 3.63) is 57.8 Å². The van der Waals surface area contributed by atoms with E-state index in [2.05, 4.69) is 10.3 Å². The van der Waals surface area contributed by atoms with Crippen LogP contribution in [0.3, 0.4) is 0 Å². The summed E-state index contributed by atoms with van der Waals surface area (Å²) in [6.07, 6.45) is 0.660. The minimum Gasteiger partial charge on any atom is -0.350 e. The number of aromatic nitrogens is 2. The zero-order valence-corrected chi connectivity index (χ0v) is 20.7. The maximum atomic E-state index is 12.6. The molecule has 3 rings (SSSR count). The summed E-state index contributed by atoms with van der Waals surface area (Å²) in [7, 11) is -0.565. The van der Waals surface area contributed by atoms with Crippen LogP contribution in [0.15, 0.2) is 41.3 Å². The second-order valence-corrected chi connectivity index (χ2v) is 10.7. The highest BCUT2D eigenvalue weighted by atomic mass is 35.5. The van der Waals surface area contributed by atoms with Crippen molar-refractivity contribution in [2.45, 2.75) is 44.2 Å². The molecule has 1 unspecified atom stereocenters. The molecule has 0 saturated heterocycles. The summed E-state index contributed by atoms with van der Waals surface area (Å²) >= 11 is 12.2. The summed E-state index contributed by atoms with van der Waals surface area (Å²) in [5, 5.41) is 3.99. The molecule has 1 amide bonds. The van der Waals surface area contributed by atoms with Crippen LogP contribution in [-0.4, -0.2) is 42.3 Å². The first-order valence-electron chi connectivity index (χ1n) is 10.2. The van der Waals surface area contributed by atoms with Gasteiger partial charge in [0.1, 0.15) is 5.82 Å². The lowest BCUT2D eigenvalue weighted by Crippen LogP contribution is -2.27. The third-order valence-electron chi connectivity index (χ3n) is 5.28. The summed E-state index contributed by atoms with van der Waals surface area (Å²) in [6.45, 7) is 4.50. The molecule has 10 heteroatoms. The fraction of sp³-hybridized carbons (Fsp3) is 0.364. The van der Waals surface area contributed by atoms with Gasteiger partial charge < -0.3 is 9.88 Å². The molecule has 0 bridgehead atoms. The number of carbonyl (C=O) groups is 1. The number of nitrogens with zero attached hydrogens (tertiary/aromatic N) is 3. The van der Waals surface area contributed by atoms with Crippen LogP contribution in [0.25, 0.3) is 11.0 Å². The normalized spacial score (nSPS) is 13.0. The smallest absolute Gasteiger partial charge is 0.242 e. The maximum absolute atomic E-state index is 12.6. The van der Waals surface area contributed by atoms with Crippen LogP contribution in [0.2, 0.25) is 10.0 Å². The summed E-state index contributed by atoms with van der Waals surface area (Å²) in [5.74, 6) is 0.600. The van der Waals surface area contributed by atoms with Crippen molar-refractivity contribution in [1.29, 1.82) is 0 Å². The molecule has 0 spiro atoms. The zero-order chi connectivity index (χ0) is 23.6. The molecule has 172 valence electrons. The lowest BCUT2D eigenvalue weighted by Gasteiger charge is -2.16. The van der Waals surface area contributed by atoms with Crippen LogP contribution in [0.4, 0.5) is 0 Å². The van der Waals surface area contributed by atoms with Gasteiger partial charge in [-0.1, -0.05) is 29.3 Å². The van der Waals surface area contributed by atoms with Gasteiger partial charge in [-0.15, -0.1) is 0 Å². The van der Waals surface area contributed by atoms with E-state index in [1.165, 1.54) is 18.4 Å². The fourth-order valence-corrected chi connectivity index (χ4v) is 5.04. The van der Waals surface area contributed by atoms with E-state index < -0.39 is 10.0 Å². The van der Waals surface area contributed by atoms with Crippen LogP contribution in [-0.2, 0) is 27.8 Å². The van der Waals surface area contributed by atoms with Crippen LogP contribution in [0.5, 0.6) is 0 Å². The number of sulfonamides is 1. The minimum absolute atomic E-state index is 0.130. The Labute approximate surface area is 198 Å². The van der Waals surface area contributed by atoms with E-state index in [1.54, 1.807) is 36.4 Å². The number of carbonyl (C=O) groups excluding carboxylic acids is 1. The molecule has 0 aliphatic rings. The Bertz CT molecular complexity index is 1260. The van der Waals surface area contributed by atoms with E-state index >= 15 is 0 Å². The number of nitrogens with one attached hydrogen (secondary N) is 1. The van der Waals surface area contributed by atoms with Gasteiger partial charge in [0, 0.05) is 43.5 Å². The largest absolute Gasteiger partial charge is 0.350 e. The number of halogens is 2. The Kier molecular flexibility index (Phi) is 7.50. The molecule has 1 N–H and O–H groups in total. The molecule has 0 fully saturated rings. The first kappa shape index (κ1) is 24.5. The average Bonchev–Trinajstić information content (AvgIpc) is 3.08. The van der Waals surface area contributed by atoms with E-state index in [0.717, 1.165) is 16.9 Å². The van der Waals surface area contributed by atoms with Crippen LogP contribution in [0, 0.1) is 0 Å². The van der Waals surface area contributed by atoms with Gasteiger partial charge in [-0.05, 0) is 49.7 Å². The molecule has 0 aliphatic carbocycles. The number of imidazole rings is 1. The van der Waals surface area contributed by atoms with Gasteiger partial charge in [-0.25, -0.2) is 17.7 Å². The first-order valence-corrected chi connectivity index (χ1v) is 12.4. The van der Waals surface area contributed by atoms with Crippen molar-refractivity contribution in [1.82, 2.24) is 19.2 Å². The van der Waals surface area contributed by atoms with E-state index in [0.29, 0.717) is 28.5 Å². The number of fused-ring (bicyclic) bond motifs is 1. The molecule has 1 aromatic heterocycles. The van der Waals surface area contributed by atoms with E-state index in [9.17, 15) is 13.2 Å². The minimum atomic E-state index is -3.55. The van der Waals surface area contributed by atoms with Crippen molar-refractivity contribution >= 4 is 50.2 Å². The maximum Gasteiger partial charge on any atom is 0.242 e. The van der Waals surface area contributed by atoms with Gasteiger partial charge in [-0.2, -0.15) is 0 Å². The van der Waals surface area contributed by atoms with Gasteiger partial charge >= 0.3 is 0 Å². The number of benzene rings is 2. The lowest BCUT2D eigenvalue weighted by atomic mass is 10.1. The molecule has 3 aromatic rings. The number of hydrogen-bond acceptors (Lipinski definition) is 4. The van der Waals surface area contributed by atoms with Gasteiger partial charge in [-0.3, -0.25) is 4.79 Å². The zero-order valence-electron chi connectivity index (χ0n) is 18.4.